The standard InChI is InChI=1S/C20H15N5O2S/c1-12(28-20-25-24-19(27-20)13-7-3-2-4-8-13)17(26)14(11-21)18-22-15-9-5-6-10-16(15)23-18/h2-10,12,26H,1H3,(H,22,23)/b17-14-. The summed E-state index contributed by atoms with van der Waals surface area (Å²) in [5.41, 5.74) is 2.42. The number of H-pyrrole nitrogens is 1. The maximum atomic E-state index is 10.6. The van der Waals surface area contributed by atoms with Crippen molar-refractivity contribution in [2.45, 2.75) is 17.4 Å². The number of aliphatic hydroxyl groups is 1. The van der Waals surface area contributed by atoms with E-state index in [1.54, 1.807) is 6.92 Å². The normalized spacial score (nSPS) is 13.1. The second-order valence-electron chi connectivity index (χ2n) is 5.97. The third-order valence-corrected chi connectivity index (χ3v) is 5.03. The maximum Gasteiger partial charge on any atom is 0.277 e. The molecule has 0 saturated heterocycles. The average molecular weight is 389 g/mol. The summed E-state index contributed by atoms with van der Waals surface area (Å²) in [6.07, 6.45) is 0. The fraction of sp³-hybridized carbons (Fsp3) is 0.100. The summed E-state index contributed by atoms with van der Waals surface area (Å²) >= 11 is 1.17. The molecule has 2 aromatic heterocycles. The molecule has 0 fully saturated rings. The van der Waals surface area contributed by atoms with Crippen LogP contribution in [-0.4, -0.2) is 30.5 Å². The van der Waals surface area contributed by atoms with Crippen LogP contribution in [-0.2, 0) is 0 Å². The van der Waals surface area contributed by atoms with Gasteiger partial charge in [0.05, 0.1) is 16.3 Å². The van der Waals surface area contributed by atoms with Crippen molar-refractivity contribution in [2.75, 3.05) is 0 Å². The molecule has 2 N–H and O–H groups in total. The van der Waals surface area contributed by atoms with Crippen molar-refractivity contribution < 1.29 is 9.52 Å². The number of fused-ring (bicyclic) bond motifs is 1. The molecule has 0 bridgehead atoms. The topological polar surface area (TPSA) is 112 Å². The number of rotatable bonds is 5. The van der Waals surface area contributed by atoms with E-state index in [1.165, 1.54) is 11.8 Å². The molecule has 1 unspecified atom stereocenters. The number of para-hydroxylation sites is 2. The first kappa shape index (κ1) is 17.8. The number of nitriles is 1. The van der Waals surface area contributed by atoms with E-state index in [0.29, 0.717) is 16.9 Å². The predicted molar refractivity (Wildman–Crippen MR) is 106 cm³/mol. The highest BCUT2D eigenvalue weighted by Gasteiger charge is 2.21. The minimum atomic E-state index is -0.480. The van der Waals surface area contributed by atoms with Gasteiger partial charge >= 0.3 is 0 Å². The molecule has 1 atom stereocenters. The lowest BCUT2D eigenvalue weighted by atomic mass is 10.2. The van der Waals surface area contributed by atoms with Gasteiger partial charge in [-0.2, -0.15) is 5.26 Å². The summed E-state index contributed by atoms with van der Waals surface area (Å²) in [7, 11) is 0. The molecule has 2 aromatic carbocycles. The van der Waals surface area contributed by atoms with Crippen molar-refractivity contribution in [3.05, 3.63) is 66.2 Å². The van der Waals surface area contributed by atoms with E-state index in [0.717, 1.165) is 16.6 Å². The fourth-order valence-corrected chi connectivity index (χ4v) is 3.41. The molecule has 0 amide bonds. The number of aromatic nitrogens is 4. The molecule has 0 radical (unpaired) electrons. The van der Waals surface area contributed by atoms with E-state index >= 15 is 0 Å². The van der Waals surface area contributed by atoms with E-state index in [4.69, 9.17) is 4.42 Å². The van der Waals surface area contributed by atoms with Gasteiger partial charge in [-0.05, 0) is 31.2 Å². The Morgan fingerprint density at radius 2 is 1.89 bits per heavy atom. The highest BCUT2D eigenvalue weighted by Crippen LogP contribution is 2.31. The van der Waals surface area contributed by atoms with E-state index < -0.39 is 5.25 Å². The Hall–Kier alpha value is -3.57. The smallest absolute Gasteiger partial charge is 0.277 e. The van der Waals surface area contributed by atoms with Crippen LogP contribution >= 0.6 is 11.8 Å². The van der Waals surface area contributed by atoms with E-state index in [1.807, 2.05) is 60.7 Å². The van der Waals surface area contributed by atoms with Crippen LogP contribution < -0.4 is 0 Å². The van der Waals surface area contributed by atoms with Gasteiger partial charge in [0, 0.05) is 5.56 Å². The van der Waals surface area contributed by atoms with Crippen LogP contribution in [0.25, 0.3) is 28.1 Å². The Kier molecular flexibility index (Phi) is 4.83. The summed E-state index contributed by atoms with van der Waals surface area (Å²) in [5, 5.41) is 28.1. The van der Waals surface area contributed by atoms with Crippen molar-refractivity contribution in [2.24, 2.45) is 0 Å². The summed E-state index contributed by atoms with van der Waals surface area (Å²) in [4.78, 5) is 7.44. The Labute approximate surface area is 164 Å². The van der Waals surface area contributed by atoms with Gasteiger partial charge in [0.25, 0.3) is 5.22 Å². The van der Waals surface area contributed by atoms with Gasteiger partial charge in [0.1, 0.15) is 17.4 Å². The average Bonchev–Trinajstić information content (AvgIpc) is 3.36. The van der Waals surface area contributed by atoms with Crippen LogP contribution in [0.5, 0.6) is 0 Å². The van der Waals surface area contributed by atoms with Gasteiger partial charge in [0.2, 0.25) is 5.89 Å². The summed E-state index contributed by atoms with van der Waals surface area (Å²) in [6.45, 7) is 1.76. The number of nitrogens with one attached hydrogen (secondary N) is 1. The van der Waals surface area contributed by atoms with Crippen molar-refractivity contribution >= 4 is 28.4 Å². The molecule has 28 heavy (non-hydrogen) atoms. The van der Waals surface area contributed by atoms with E-state index in [2.05, 4.69) is 20.2 Å². The third-order valence-electron chi connectivity index (χ3n) is 4.08. The molecule has 0 aliphatic carbocycles. The lowest BCUT2D eigenvalue weighted by Gasteiger charge is -2.08. The minimum Gasteiger partial charge on any atom is -0.510 e. The fourth-order valence-electron chi connectivity index (χ4n) is 2.67. The van der Waals surface area contributed by atoms with Crippen LogP contribution in [0.2, 0.25) is 0 Å². The lowest BCUT2D eigenvalue weighted by molar-refractivity contribution is 0.399. The number of aromatic amines is 1. The highest BCUT2D eigenvalue weighted by atomic mass is 32.2. The van der Waals surface area contributed by atoms with Gasteiger partial charge in [-0.1, -0.05) is 42.1 Å². The molecule has 8 heteroatoms. The van der Waals surface area contributed by atoms with Crippen molar-refractivity contribution in [3.8, 4) is 17.5 Å². The summed E-state index contributed by atoms with van der Waals surface area (Å²) < 4.78 is 5.66. The van der Waals surface area contributed by atoms with Gasteiger partial charge in [-0.15, -0.1) is 10.2 Å². The van der Waals surface area contributed by atoms with Crippen molar-refractivity contribution in [3.63, 3.8) is 0 Å². The van der Waals surface area contributed by atoms with Crippen LogP contribution in [0.3, 0.4) is 0 Å². The molecule has 0 spiro atoms. The number of nitrogens with zero attached hydrogens (tertiary/aromatic N) is 4. The van der Waals surface area contributed by atoms with Crippen LogP contribution in [0.1, 0.15) is 12.7 Å². The first-order chi connectivity index (χ1) is 13.7. The summed E-state index contributed by atoms with van der Waals surface area (Å²) in [5.74, 6) is 0.617. The minimum absolute atomic E-state index is 0.0824. The summed E-state index contributed by atoms with van der Waals surface area (Å²) in [6, 6.07) is 18.9. The Morgan fingerprint density at radius 3 is 2.64 bits per heavy atom. The van der Waals surface area contributed by atoms with E-state index in [9.17, 15) is 10.4 Å². The zero-order chi connectivity index (χ0) is 19.5. The first-order valence-corrected chi connectivity index (χ1v) is 9.37. The maximum absolute atomic E-state index is 10.6. The number of allylic oxidation sites excluding steroid dienone is 1. The number of hydrogen-bond donors (Lipinski definition) is 2. The number of thioether (sulfide) groups is 1. The second kappa shape index (κ2) is 7.58. The highest BCUT2D eigenvalue weighted by molar-refractivity contribution is 7.99. The van der Waals surface area contributed by atoms with Crippen LogP contribution in [0.15, 0.2) is 70.0 Å². The molecule has 0 aliphatic heterocycles. The Balaban J connectivity index is 1.58. The Morgan fingerprint density at radius 1 is 1.14 bits per heavy atom. The van der Waals surface area contributed by atoms with Gasteiger partial charge in [-0.25, -0.2) is 4.98 Å². The molecule has 0 saturated carbocycles. The quantitative estimate of drug-likeness (QED) is 0.292. The number of aliphatic hydroxyl groups excluding tert-OH is 1. The van der Waals surface area contributed by atoms with Crippen molar-refractivity contribution in [1.82, 2.24) is 20.2 Å². The lowest BCUT2D eigenvalue weighted by Crippen LogP contribution is -2.04. The van der Waals surface area contributed by atoms with Crippen LogP contribution in [0.4, 0.5) is 0 Å². The number of hydrogen-bond acceptors (Lipinski definition) is 7. The zero-order valence-electron chi connectivity index (χ0n) is 14.8. The molecule has 138 valence electrons. The molecular formula is C20H15N5O2S. The zero-order valence-corrected chi connectivity index (χ0v) is 15.6. The van der Waals surface area contributed by atoms with Gasteiger partial charge in [-0.3, -0.25) is 0 Å². The monoisotopic (exact) mass is 389 g/mol. The van der Waals surface area contributed by atoms with Gasteiger partial charge in [0.15, 0.2) is 5.82 Å². The van der Waals surface area contributed by atoms with E-state index in [-0.39, 0.29) is 11.3 Å². The molecule has 2 heterocycles. The number of imidazole rings is 1. The molecular weight excluding hydrogens is 374 g/mol. The van der Waals surface area contributed by atoms with Crippen LogP contribution in [0, 0.1) is 11.3 Å². The molecule has 4 rings (SSSR count). The largest absolute Gasteiger partial charge is 0.510 e. The molecule has 0 aliphatic rings. The molecule has 4 aromatic rings. The number of benzene rings is 2. The van der Waals surface area contributed by atoms with Gasteiger partial charge < -0.3 is 14.5 Å². The second-order valence-corrected chi connectivity index (χ2v) is 7.27. The predicted octanol–water partition coefficient (Wildman–Crippen LogP) is 4.59. The molecule has 7 nitrogen and oxygen atoms in total. The first-order valence-electron chi connectivity index (χ1n) is 8.49. The Bertz CT molecular complexity index is 1160. The van der Waals surface area contributed by atoms with Crippen molar-refractivity contribution in [1.29, 1.82) is 5.26 Å². The SMILES string of the molecule is CC(Sc1nnc(-c2ccccc2)o1)/C(O)=C(\C#N)c1nc2ccccc2[nH]1. The third kappa shape index (κ3) is 3.48.